The third-order valence-corrected chi connectivity index (χ3v) is 2.76. The molecule has 0 aliphatic carbocycles. The second kappa shape index (κ2) is 7.02. The summed E-state index contributed by atoms with van der Waals surface area (Å²) in [5.74, 6) is 0.224. The standard InChI is InChI=1S/C15H23NO3/c1-11(2)19-14-7-5-13(6-8-14)16(4)10-12(3)9-15(17)18/h5-8,11-12H,9-10H2,1-4H3,(H,17,18). The maximum atomic E-state index is 10.6. The number of aliphatic carboxylic acids is 1. The average Bonchev–Trinajstić information content (AvgIpc) is 2.27. The average molecular weight is 265 g/mol. The van der Waals surface area contributed by atoms with Crippen LogP contribution in [0.5, 0.6) is 5.75 Å². The van der Waals surface area contributed by atoms with Crippen molar-refractivity contribution in [3.63, 3.8) is 0 Å². The molecule has 106 valence electrons. The maximum Gasteiger partial charge on any atom is 0.303 e. The molecule has 1 aromatic rings. The van der Waals surface area contributed by atoms with Crippen molar-refractivity contribution >= 4 is 11.7 Å². The molecule has 0 spiro atoms. The highest BCUT2D eigenvalue weighted by Gasteiger charge is 2.11. The van der Waals surface area contributed by atoms with E-state index in [1.165, 1.54) is 0 Å². The van der Waals surface area contributed by atoms with Crippen molar-refractivity contribution in [2.75, 3.05) is 18.5 Å². The van der Waals surface area contributed by atoms with Crippen LogP contribution in [0, 0.1) is 5.92 Å². The van der Waals surface area contributed by atoms with Crippen LogP contribution >= 0.6 is 0 Å². The number of carbonyl (C=O) groups is 1. The van der Waals surface area contributed by atoms with Crippen molar-refractivity contribution in [3.05, 3.63) is 24.3 Å². The lowest BCUT2D eigenvalue weighted by Crippen LogP contribution is -2.25. The normalized spacial score (nSPS) is 12.3. The fourth-order valence-corrected chi connectivity index (χ4v) is 1.99. The lowest BCUT2D eigenvalue weighted by Gasteiger charge is -2.23. The van der Waals surface area contributed by atoms with E-state index in [4.69, 9.17) is 9.84 Å². The third kappa shape index (κ3) is 5.64. The van der Waals surface area contributed by atoms with Crippen LogP contribution in [0.15, 0.2) is 24.3 Å². The molecule has 0 fully saturated rings. The fourth-order valence-electron chi connectivity index (χ4n) is 1.99. The Kier molecular flexibility index (Phi) is 5.67. The Bertz CT molecular complexity index is 400. The lowest BCUT2D eigenvalue weighted by atomic mass is 10.1. The van der Waals surface area contributed by atoms with Crippen molar-refractivity contribution < 1.29 is 14.6 Å². The largest absolute Gasteiger partial charge is 0.491 e. The van der Waals surface area contributed by atoms with Gasteiger partial charge in [-0.2, -0.15) is 0 Å². The van der Waals surface area contributed by atoms with Crippen LogP contribution in [0.25, 0.3) is 0 Å². The van der Waals surface area contributed by atoms with Crippen molar-refractivity contribution in [1.82, 2.24) is 0 Å². The highest BCUT2D eigenvalue weighted by molar-refractivity contribution is 5.67. The minimum atomic E-state index is -0.749. The second-order valence-corrected chi connectivity index (χ2v) is 5.24. The van der Waals surface area contributed by atoms with Gasteiger partial charge in [-0.3, -0.25) is 4.79 Å². The van der Waals surface area contributed by atoms with Gasteiger partial charge in [-0.25, -0.2) is 0 Å². The molecule has 4 nitrogen and oxygen atoms in total. The van der Waals surface area contributed by atoms with Crippen molar-refractivity contribution in [2.24, 2.45) is 5.92 Å². The summed E-state index contributed by atoms with van der Waals surface area (Å²) in [7, 11) is 1.97. The van der Waals surface area contributed by atoms with Gasteiger partial charge < -0.3 is 14.7 Å². The van der Waals surface area contributed by atoms with Crippen LogP contribution in [0.4, 0.5) is 5.69 Å². The van der Waals surface area contributed by atoms with Gasteiger partial charge in [0, 0.05) is 25.7 Å². The van der Waals surface area contributed by atoms with E-state index in [-0.39, 0.29) is 18.4 Å². The van der Waals surface area contributed by atoms with Gasteiger partial charge >= 0.3 is 5.97 Å². The quantitative estimate of drug-likeness (QED) is 0.823. The van der Waals surface area contributed by atoms with Gasteiger partial charge in [0.2, 0.25) is 0 Å². The molecule has 1 unspecified atom stereocenters. The Hall–Kier alpha value is -1.71. The van der Waals surface area contributed by atoms with Gasteiger partial charge in [0.15, 0.2) is 0 Å². The molecule has 0 amide bonds. The van der Waals surface area contributed by atoms with Gasteiger partial charge in [0.05, 0.1) is 6.10 Å². The van der Waals surface area contributed by atoms with E-state index in [2.05, 4.69) is 4.90 Å². The van der Waals surface area contributed by atoms with Crippen LogP contribution in [0.2, 0.25) is 0 Å². The third-order valence-electron chi connectivity index (χ3n) is 2.76. The van der Waals surface area contributed by atoms with E-state index < -0.39 is 5.97 Å². The first-order chi connectivity index (χ1) is 8.88. The van der Waals surface area contributed by atoms with E-state index in [1.54, 1.807) is 0 Å². The lowest BCUT2D eigenvalue weighted by molar-refractivity contribution is -0.137. The van der Waals surface area contributed by atoms with E-state index >= 15 is 0 Å². The van der Waals surface area contributed by atoms with E-state index in [9.17, 15) is 4.79 Å². The fraction of sp³-hybridized carbons (Fsp3) is 0.533. The molecular weight excluding hydrogens is 242 g/mol. The molecule has 0 aliphatic heterocycles. The Morgan fingerprint density at radius 1 is 1.26 bits per heavy atom. The summed E-state index contributed by atoms with van der Waals surface area (Å²) in [6, 6.07) is 7.86. The minimum absolute atomic E-state index is 0.120. The number of hydrogen-bond donors (Lipinski definition) is 1. The summed E-state index contributed by atoms with van der Waals surface area (Å²) < 4.78 is 5.59. The van der Waals surface area contributed by atoms with Gasteiger partial charge in [-0.1, -0.05) is 6.92 Å². The Morgan fingerprint density at radius 2 is 1.84 bits per heavy atom. The van der Waals surface area contributed by atoms with Crippen LogP contribution in [-0.2, 0) is 4.79 Å². The van der Waals surface area contributed by atoms with Crippen molar-refractivity contribution in [3.8, 4) is 5.75 Å². The molecule has 0 aliphatic rings. The maximum absolute atomic E-state index is 10.6. The first-order valence-electron chi connectivity index (χ1n) is 6.58. The van der Waals surface area contributed by atoms with Crippen molar-refractivity contribution in [2.45, 2.75) is 33.3 Å². The van der Waals surface area contributed by atoms with Gasteiger partial charge in [0.1, 0.15) is 5.75 Å². The number of anilines is 1. The highest BCUT2D eigenvalue weighted by Crippen LogP contribution is 2.20. The predicted molar refractivity (Wildman–Crippen MR) is 76.9 cm³/mol. The molecule has 0 radical (unpaired) electrons. The van der Waals surface area contributed by atoms with Crippen molar-refractivity contribution in [1.29, 1.82) is 0 Å². The Morgan fingerprint density at radius 3 is 2.32 bits per heavy atom. The Balaban J connectivity index is 2.57. The summed E-state index contributed by atoms with van der Waals surface area (Å²) in [6.45, 7) is 6.65. The minimum Gasteiger partial charge on any atom is -0.491 e. The summed E-state index contributed by atoms with van der Waals surface area (Å²) in [6.07, 6.45) is 0.359. The van der Waals surface area contributed by atoms with Crippen LogP contribution in [0.1, 0.15) is 27.2 Å². The van der Waals surface area contributed by atoms with Crippen LogP contribution < -0.4 is 9.64 Å². The molecule has 4 heteroatoms. The number of carboxylic acids is 1. The molecule has 1 aromatic carbocycles. The monoisotopic (exact) mass is 265 g/mol. The molecular formula is C15H23NO3. The molecule has 19 heavy (non-hydrogen) atoms. The molecule has 0 bridgehead atoms. The smallest absolute Gasteiger partial charge is 0.303 e. The van der Waals surface area contributed by atoms with E-state index in [1.807, 2.05) is 52.1 Å². The first kappa shape index (κ1) is 15.3. The zero-order valence-corrected chi connectivity index (χ0v) is 12.1. The highest BCUT2D eigenvalue weighted by atomic mass is 16.5. The zero-order valence-electron chi connectivity index (χ0n) is 12.1. The first-order valence-corrected chi connectivity index (χ1v) is 6.58. The summed E-state index contributed by atoms with van der Waals surface area (Å²) in [5.41, 5.74) is 1.06. The van der Waals surface area contributed by atoms with Gasteiger partial charge in [-0.15, -0.1) is 0 Å². The number of ether oxygens (including phenoxy) is 1. The van der Waals surface area contributed by atoms with Gasteiger partial charge in [-0.05, 0) is 44.0 Å². The van der Waals surface area contributed by atoms with E-state index in [0.29, 0.717) is 0 Å². The topological polar surface area (TPSA) is 49.8 Å². The zero-order chi connectivity index (χ0) is 14.4. The summed E-state index contributed by atoms with van der Waals surface area (Å²) in [4.78, 5) is 12.7. The summed E-state index contributed by atoms with van der Waals surface area (Å²) in [5, 5.41) is 8.75. The predicted octanol–water partition coefficient (Wildman–Crippen LogP) is 3.02. The molecule has 0 saturated heterocycles. The molecule has 1 N–H and O–H groups in total. The number of hydrogen-bond acceptors (Lipinski definition) is 3. The number of rotatable bonds is 7. The number of carboxylic acid groups (broad SMARTS) is 1. The molecule has 0 saturated carbocycles. The summed E-state index contributed by atoms with van der Waals surface area (Å²) >= 11 is 0. The SMILES string of the molecule is CC(CC(=O)O)CN(C)c1ccc(OC(C)C)cc1. The van der Waals surface area contributed by atoms with Crippen LogP contribution in [0.3, 0.4) is 0 Å². The second-order valence-electron chi connectivity index (χ2n) is 5.24. The Labute approximate surface area is 115 Å². The number of benzene rings is 1. The molecule has 0 aromatic heterocycles. The molecule has 1 atom stereocenters. The number of nitrogens with zero attached hydrogens (tertiary/aromatic N) is 1. The van der Waals surface area contributed by atoms with Crippen LogP contribution in [-0.4, -0.2) is 30.8 Å². The molecule has 0 heterocycles. The van der Waals surface area contributed by atoms with E-state index in [0.717, 1.165) is 18.0 Å². The van der Waals surface area contributed by atoms with Gasteiger partial charge in [0.25, 0.3) is 0 Å². The molecule has 1 rings (SSSR count).